The Kier molecular flexibility index (Phi) is 10.2. The molecule has 5 nitrogen and oxygen atoms in total. The number of hydrogen-bond acceptors (Lipinski definition) is 5. The standard InChI is InChI=1S/C6H12O5.Na.H/c7-2-1-4(9)6(11)5(10)3-8;;/h2,4-6,8-11H,1,3H2;;/t4-,5-,6+;;/m1../s1. The number of carbonyl (C=O) groups excluding carboxylic acids is 1. The summed E-state index contributed by atoms with van der Waals surface area (Å²) in [5.74, 6) is 0. The molecule has 3 atom stereocenters. The number of rotatable bonds is 5. The van der Waals surface area contributed by atoms with Crippen LogP contribution >= 0.6 is 0 Å². The van der Waals surface area contributed by atoms with Crippen LogP contribution in [0.3, 0.4) is 0 Å². The third-order valence-corrected chi connectivity index (χ3v) is 1.31. The summed E-state index contributed by atoms with van der Waals surface area (Å²) >= 11 is 0. The zero-order valence-corrected chi connectivity index (χ0v) is 5.92. The number of aliphatic hydroxyl groups excluding tert-OH is 4. The monoisotopic (exact) mass is 188 g/mol. The van der Waals surface area contributed by atoms with Gasteiger partial charge in [-0.1, -0.05) is 0 Å². The van der Waals surface area contributed by atoms with E-state index in [9.17, 15) is 4.79 Å². The van der Waals surface area contributed by atoms with Crippen LogP contribution in [0.5, 0.6) is 0 Å². The molecule has 0 bridgehead atoms. The Morgan fingerprint density at radius 1 is 1.17 bits per heavy atom. The third-order valence-electron chi connectivity index (χ3n) is 1.31. The molecule has 0 aliphatic carbocycles. The van der Waals surface area contributed by atoms with Gasteiger partial charge in [-0.3, -0.25) is 0 Å². The molecule has 0 spiro atoms. The molecule has 0 aromatic heterocycles. The number of carbonyl (C=O) groups is 1. The van der Waals surface area contributed by atoms with E-state index < -0.39 is 24.9 Å². The van der Waals surface area contributed by atoms with Gasteiger partial charge in [-0.05, 0) is 0 Å². The Balaban J connectivity index is 0. The minimum absolute atomic E-state index is 0. The van der Waals surface area contributed by atoms with Gasteiger partial charge in [-0.2, -0.15) is 0 Å². The molecule has 0 rings (SSSR count). The van der Waals surface area contributed by atoms with E-state index in [4.69, 9.17) is 20.4 Å². The van der Waals surface area contributed by atoms with Gasteiger partial charge in [0.1, 0.15) is 18.5 Å². The summed E-state index contributed by atoms with van der Waals surface area (Å²) in [4.78, 5) is 9.82. The molecular weight excluding hydrogens is 175 g/mol. The molecule has 4 N–H and O–H groups in total. The van der Waals surface area contributed by atoms with Gasteiger partial charge in [-0.25, -0.2) is 0 Å². The number of aliphatic hydroxyl groups is 4. The first-order chi connectivity index (χ1) is 5.13. The van der Waals surface area contributed by atoms with Crippen LogP contribution in [0, 0.1) is 0 Å². The van der Waals surface area contributed by atoms with Crippen molar-refractivity contribution in [2.45, 2.75) is 24.7 Å². The SMILES string of the molecule is O=CC[C@@H](O)[C@H](O)[C@H](O)CO.[NaH]. The summed E-state index contributed by atoms with van der Waals surface area (Å²) in [5.41, 5.74) is 0. The second kappa shape index (κ2) is 8.12. The van der Waals surface area contributed by atoms with E-state index in [1.807, 2.05) is 0 Å². The molecule has 0 aromatic rings. The van der Waals surface area contributed by atoms with Crippen LogP contribution in [0.15, 0.2) is 0 Å². The molecule has 6 heteroatoms. The number of hydrogen-bond donors (Lipinski definition) is 4. The molecule has 0 heterocycles. The molecular formula is C6H13NaO5. The van der Waals surface area contributed by atoms with Crippen molar-refractivity contribution in [3.05, 3.63) is 0 Å². The van der Waals surface area contributed by atoms with Gasteiger partial charge in [-0.15, -0.1) is 0 Å². The van der Waals surface area contributed by atoms with Crippen LogP contribution < -0.4 is 0 Å². The first-order valence-corrected chi connectivity index (χ1v) is 3.22. The fraction of sp³-hybridized carbons (Fsp3) is 0.833. The van der Waals surface area contributed by atoms with Gasteiger partial charge in [0.05, 0.1) is 12.7 Å². The predicted octanol–water partition coefficient (Wildman–Crippen LogP) is -3.00. The molecule has 0 aromatic carbocycles. The van der Waals surface area contributed by atoms with Gasteiger partial charge >= 0.3 is 29.6 Å². The van der Waals surface area contributed by atoms with E-state index in [1.165, 1.54) is 0 Å². The summed E-state index contributed by atoms with van der Waals surface area (Å²) in [6, 6.07) is 0. The third kappa shape index (κ3) is 5.21. The zero-order valence-electron chi connectivity index (χ0n) is 5.92. The second-order valence-corrected chi connectivity index (χ2v) is 2.21. The summed E-state index contributed by atoms with van der Waals surface area (Å²) in [6.07, 6.45) is -4.00. The molecule has 0 fully saturated rings. The maximum absolute atomic E-state index is 9.82. The van der Waals surface area contributed by atoms with E-state index in [0.29, 0.717) is 6.29 Å². The molecule has 0 saturated heterocycles. The topological polar surface area (TPSA) is 98.0 Å². The van der Waals surface area contributed by atoms with Crippen molar-refractivity contribution >= 4 is 35.8 Å². The number of aldehydes is 1. The van der Waals surface area contributed by atoms with Crippen LogP contribution in [0.2, 0.25) is 0 Å². The molecule has 68 valence electrons. The fourth-order valence-corrected chi connectivity index (χ4v) is 0.602. The van der Waals surface area contributed by atoms with Gasteiger partial charge < -0.3 is 25.2 Å². The molecule has 0 unspecified atom stereocenters. The average molecular weight is 188 g/mol. The Bertz CT molecular complexity index is 121. The van der Waals surface area contributed by atoms with Crippen LogP contribution in [0.4, 0.5) is 0 Å². The van der Waals surface area contributed by atoms with Crippen LogP contribution in [0.1, 0.15) is 6.42 Å². The summed E-state index contributed by atoms with van der Waals surface area (Å²) in [5, 5.41) is 34.8. The van der Waals surface area contributed by atoms with Gasteiger partial charge in [0.2, 0.25) is 0 Å². The molecule has 0 amide bonds. The summed E-state index contributed by atoms with van der Waals surface area (Å²) < 4.78 is 0. The zero-order chi connectivity index (χ0) is 8.85. The molecule has 0 aliphatic rings. The van der Waals surface area contributed by atoms with Crippen molar-refractivity contribution < 1.29 is 25.2 Å². The van der Waals surface area contributed by atoms with Crippen LogP contribution in [-0.2, 0) is 4.79 Å². The van der Waals surface area contributed by atoms with Crippen molar-refractivity contribution in [3.8, 4) is 0 Å². The Morgan fingerprint density at radius 2 is 1.67 bits per heavy atom. The fourth-order valence-electron chi connectivity index (χ4n) is 0.602. The molecule has 0 aliphatic heterocycles. The first-order valence-electron chi connectivity index (χ1n) is 3.22. The van der Waals surface area contributed by atoms with Crippen LogP contribution in [-0.4, -0.2) is 81.2 Å². The van der Waals surface area contributed by atoms with Gasteiger partial charge in [0.25, 0.3) is 0 Å². The quantitative estimate of drug-likeness (QED) is 0.272. The Morgan fingerprint density at radius 3 is 2.00 bits per heavy atom. The summed E-state index contributed by atoms with van der Waals surface area (Å²) in [7, 11) is 0. The molecule has 12 heavy (non-hydrogen) atoms. The van der Waals surface area contributed by atoms with Crippen molar-refractivity contribution in [3.63, 3.8) is 0 Å². The minimum atomic E-state index is -1.47. The Labute approximate surface area is 92.3 Å². The first kappa shape index (κ1) is 15.0. The van der Waals surface area contributed by atoms with E-state index in [1.54, 1.807) is 0 Å². The van der Waals surface area contributed by atoms with E-state index in [-0.39, 0.29) is 36.0 Å². The maximum atomic E-state index is 9.82. The summed E-state index contributed by atoms with van der Waals surface area (Å²) in [6.45, 7) is -0.642. The predicted molar refractivity (Wildman–Crippen MR) is 42.9 cm³/mol. The van der Waals surface area contributed by atoms with Gasteiger partial charge in [0.15, 0.2) is 0 Å². The normalized spacial score (nSPS) is 17.3. The van der Waals surface area contributed by atoms with E-state index in [2.05, 4.69) is 0 Å². The molecule has 0 saturated carbocycles. The van der Waals surface area contributed by atoms with E-state index >= 15 is 0 Å². The van der Waals surface area contributed by atoms with Crippen molar-refractivity contribution in [2.24, 2.45) is 0 Å². The van der Waals surface area contributed by atoms with Gasteiger partial charge in [0, 0.05) is 6.42 Å². The van der Waals surface area contributed by atoms with Crippen LogP contribution in [0.25, 0.3) is 0 Å². The second-order valence-electron chi connectivity index (χ2n) is 2.21. The van der Waals surface area contributed by atoms with E-state index in [0.717, 1.165) is 0 Å². The molecule has 0 radical (unpaired) electrons. The van der Waals surface area contributed by atoms with Crippen molar-refractivity contribution in [1.29, 1.82) is 0 Å². The van der Waals surface area contributed by atoms with Crippen molar-refractivity contribution in [1.82, 2.24) is 0 Å². The van der Waals surface area contributed by atoms with Crippen molar-refractivity contribution in [2.75, 3.05) is 6.61 Å². The Hall–Kier alpha value is 0.510. The average Bonchev–Trinajstić information content (AvgIpc) is 2.02.